The van der Waals surface area contributed by atoms with Gasteiger partial charge in [-0.2, -0.15) is 11.8 Å². The van der Waals surface area contributed by atoms with Crippen LogP contribution in [0.4, 0.5) is 0 Å². The Labute approximate surface area is 57.8 Å². The van der Waals surface area contributed by atoms with Gasteiger partial charge in [0.05, 0.1) is 0 Å². The van der Waals surface area contributed by atoms with Crippen LogP contribution in [-0.4, -0.2) is 22.6 Å². The maximum atomic E-state index is 10.6. The number of hydrogen-bond acceptors (Lipinski definition) is 3. The van der Waals surface area contributed by atoms with Crippen LogP contribution in [0.15, 0.2) is 0 Å². The third-order valence-electron chi connectivity index (χ3n) is 1.41. The molecule has 0 saturated carbocycles. The molecule has 1 atom stereocenters. The van der Waals surface area contributed by atoms with Gasteiger partial charge in [0.25, 0.3) is 0 Å². The second-order valence-electron chi connectivity index (χ2n) is 2.04. The molecule has 1 saturated heterocycles. The first-order valence-corrected chi connectivity index (χ1v) is 4.01. The predicted molar refractivity (Wildman–Crippen MR) is 35.4 cm³/mol. The molecule has 0 radical (unpaired) electrons. The lowest BCUT2D eigenvalue weighted by atomic mass is 10.1. The number of thioether (sulfide) groups is 1. The first-order chi connectivity index (χ1) is 4.34. The van der Waals surface area contributed by atoms with E-state index in [1.807, 2.05) is 0 Å². The minimum absolute atomic E-state index is 0.0417. The molecule has 52 valence electrons. The lowest BCUT2D eigenvalue weighted by molar-refractivity contribution is -0.132. The van der Waals surface area contributed by atoms with Gasteiger partial charge in [0.1, 0.15) is 0 Å². The Morgan fingerprint density at radius 2 is 2.56 bits per heavy atom. The van der Waals surface area contributed by atoms with E-state index in [1.54, 1.807) is 17.2 Å². The molecule has 1 aliphatic heterocycles. The molecule has 2 N–H and O–H groups in total. The van der Waals surface area contributed by atoms with Crippen molar-refractivity contribution < 1.29 is 10.0 Å². The summed E-state index contributed by atoms with van der Waals surface area (Å²) in [6.07, 6.45) is 0.900. The molecule has 0 aromatic rings. The Kier molecular flexibility index (Phi) is 2.36. The Morgan fingerprint density at radius 1 is 1.78 bits per heavy atom. The minimum Gasteiger partial charge on any atom is -0.289 e. The van der Waals surface area contributed by atoms with Gasteiger partial charge in [0.2, 0.25) is 5.91 Å². The molecule has 3 nitrogen and oxygen atoms in total. The quantitative estimate of drug-likeness (QED) is 0.413. The Morgan fingerprint density at radius 3 is 3.00 bits per heavy atom. The first kappa shape index (κ1) is 6.89. The highest BCUT2D eigenvalue weighted by Crippen LogP contribution is 2.22. The van der Waals surface area contributed by atoms with Crippen LogP contribution in [0.5, 0.6) is 0 Å². The van der Waals surface area contributed by atoms with Crippen molar-refractivity contribution in [3.63, 3.8) is 0 Å². The van der Waals surface area contributed by atoms with E-state index in [0.717, 1.165) is 17.9 Å². The highest BCUT2D eigenvalue weighted by molar-refractivity contribution is 7.99. The lowest BCUT2D eigenvalue weighted by Crippen LogP contribution is -2.27. The number of hydroxylamine groups is 1. The van der Waals surface area contributed by atoms with E-state index in [9.17, 15) is 4.79 Å². The van der Waals surface area contributed by atoms with Crippen molar-refractivity contribution in [2.45, 2.75) is 6.42 Å². The van der Waals surface area contributed by atoms with Gasteiger partial charge in [0.15, 0.2) is 0 Å². The van der Waals surface area contributed by atoms with Gasteiger partial charge in [-0.15, -0.1) is 0 Å². The predicted octanol–water partition coefficient (Wildman–Crippen LogP) is 0.245. The average molecular weight is 147 g/mol. The third kappa shape index (κ3) is 1.59. The summed E-state index contributed by atoms with van der Waals surface area (Å²) in [7, 11) is 0. The van der Waals surface area contributed by atoms with Gasteiger partial charge in [-0.05, 0) is 12.2 Å². The Hall–Kier alpha value is -0.220. The van der Waals surface area contributed by atoms with Crippen molar-refractivity contribution in [3.05, 3.63) is 0 Å². The van der Waals surface area contributed by atoms with Crippen molar-refractivity contribution in [3.8, 4) is 0 Å². The Balaban J connectivity index is 2.32. The van der Waals surface area contributed by atoms with Crippen LogP contribution < -0.4 is 5.48 Å². The van der Waals surface area contributed by atoms with Gasteiger partial charge in [0, 0.05) is 11.7 Å². The third-order valence-corrected chi connectivity index (χ3v) is 2.57. The smallest absolute Gasteiger partial charge is 0.247 e. The Bertz CT molecular complexity index is 112. The molecular formula is C5H9NO2S. The summed E-state index contributed by atoms with van der Waals surface area (Å²) in [6.45, 7) is 0. The fraction of sp³-hybridized carbons (Fsp3) is 0.800. The molecule has 1 heterocycles. The van der Waals surface area contributed by atoms with Gasteiger partial charge < -0.3 is 0 Å². The van der Waals surface area contributed by atoms with Crippen LogP contribution in [0.2, 0.25) is 0 Å². The minimum atomic E-state index is -0.236. The molecule has 9 heavy (non-hydrogen) atoms. The van der Waals surface area contributed by atoms with Crippen molar-refractivity contribution in [2.75, 3.05) is 11.5 Å². The molecule has 1 amide bonds. The van der Waals surface area contributed by atoms with Crippen molar-refractivity contribution in [2.24, 2.45) is 5.92 Å². The van der Waals surface area contributed by atoms with Crippen molar-refractivity contribution >= 4 is 17.7 Å². The molecule has 0 spiro atoms. The number of carbonyl (C=O) groups excluding carboxylic acids is 1. The van der Waals surface area contributed by atoms with E-state index in [2.05, 4.69) is 0 Å². The molecule has 1 aliphatic rings. The van der Waals surface area contributed by atoms with Gasteiger partial charge in [-0.25, -0.2) is 5.48 Å². The number of rotatable bonds is 1. The maximum absolute atomic E-state index is 10.6. The van der Waals surface area contributed by atoms with Crippen molar-refractivity contribution in [1.29, 1.82) is 0 Å². The molecule has 1 fully saturated rings. The number of nitrogens with one attached hydrogen (secondary N) is 1. The van der Waals surface area contributed by atoms with E-state index in [0.29, 0.717) is 0 Å². The SMILES string of the molecule is O=C(NO)C1CCSC1. The van der Waals surface area contributed by atoms with E-state index in [4.69, 9.17) is 5.21 Å². The van der Waals surface area contributed by atoms with Crippen LogP contribution in [0, 0.1) is 5.92 Å². The van der Waals surface area contributed by atoms with E-state index < -0.39 is 0 Å². The van der Waals surface area contributed by atoms with Crippen LogP contribution in [0.25, 0.3) is 0 Å². The van der Waals surface area contributed by atoms with E-state index in [-0.39, 0.29) is 11.8 Å². The monoisotopic (exact) mass is 147 g/mol. The fourth-order valence-corrected chi connectivity index (χ4v) is 2.05. The fourth-order valence-electron chi connectivity index (χ4n) is 0.833. The molecular weight excluding hydrogens is 138 g/mol. The molecule has 4 heteroatoms. The average Bonchev–Trinajstić information content (AvgIpc) is 2.37. The molecule has 1 unspecified atom stereocenters. The number of carbonyl (C=O) groups is 1. The molecule has 0 bridgehead atoms. The molecule has 0 aromatic heterocycles. The molecule has 0 aliphatic carbocycles. The highest BCUT2D eigenvalue weighted by Gasteiger charge is 2.22. The number of amides is 1. The summed E-state index contributed by atoms with van der Waals surface area (Å²) in [6, 6.07) is 0. The first-order valence-electron chi connectivity index (χ1n) is 2.86. The van der Waals surface area contributed by atoms with Gasteiger partial charge in [-0.3, -0.25) is 10.0 Å². The molecule has 0 aromatic carbocycles. The molecule has 1 rings (SSSR count). The topological polar surface area (TPSA) is 49.3 Å². The lowest BCUT2D eigenvalue weighted by Gasteiger charge is -2.02. The van der Waals surface area contributed by atoms with E-state index >= 15 is 0 Å². The largest absolute Gasteiger partial charge is 0.289 e. The van der Waals surface area contributed by atoms with Crippen LogP contribution in [0.1, 0.15) is 6.42 Å². The highest BCUT2D eigenvalue weighted by atomic mass is 32.2. The standard InChI is InChI=1S/C5H9NO2S/c7-5(6-8)4-1-2-9-3-4/h4,8H,1-3H2,(H,6,7). The zero-order valence-corrected chi connectivity index (χ0v) is 5.78. The normalized spacial score (nSPS) is 26.1. The van der Waals surface area contributed by atoms with Crippen molar-refractivity contribution in [1.82, 2.24) is 5.48 Å². The van der Waals surface area contributed by atoms with Crippen LogP contribution >= 0.6 is 11.8 Å². The summed E-state index contributed by atoms with van der Waals surface area (Å²) < 4.78 is 0. The second kappa shape index (κ2) is 3.08. The van der Waals surface area contributed by atoms with Gasteiger partial charge >= 0.3 is 0 Å². The summed E-state index contributed by atoms with van der Waals surface area (Å²) in [5, 5.41) is 8.19. The van der Waals surface area contributed by atoms with E-state index in [1.165, 1.54) is 0 Å². The van der Waals surface area contributed by atoms with Gasteiger partial charge in [-0.1, -0.05) is 0 Å². The summed E-state index contributed by atoms with van der Waals surface area (Å²) in [5.41, 5.74) is 1.65. The van der Waals surface area contributed by atoms with Crippen LogP contribution in [-0.2, 0) is 4.79 Å². The second-order valence-corrected chi connectivity index (χ2v) is 3.19. The summed E-state index contributed by atoms with van der Waals surface area (Å²) >= 11 is 1.75. The number of hydrogen-bond donors (Lipinski definition) is 2. The maximum Gasteiger partial charge on any atom is 0.247 e. The zero-order valence-electron chi connectivity index (χ0n) is 4.96. The summed E-state index contributed by atoms with van der Waals surface area (Å²) in [4.78, 5) is 10.6. The summed E-state index contributed by atoms with van der Waals surface area (Å²) in [5.74, 6) is 1.70. The van der Waals surface area contributed by atoms with Crippen LogP contribution in [0.3, 0.4) is 0 Å². The zero-order chi connectivity index (χ0) is 6.69.